The summed E-state index contributed by atoms with van der Waals surface area (Å²) in [5.41, 5.74) is 1.27. The van der Waals surface area contributed by atoms with Crippen molar-refractivity contribution in [2.75, 3.05) is 28.7 Å². The van der Waals surface area contributed by atoms with Gasteiger partial charge in [0.2, 0.25) is 15.9 Å². The quantitative estimate of drug-likeness (QED) is 0.658. The molecule has 0 aromatic heterocycles. The number of halogens is 1. The molecule has 2 aromatic carbocycles. The van der Waals surface area contributed by atoms with E-state index in [1.54, 1.807) is 36.0 Å². The SMILES string of the molecule is CSc1cccc(NC(=O)CCCN(c2ccc(Cl)cc2)S(C)(=O)=O)c1. The minimum Gasteiger partial charge on any atom is -0.326 e. The predicted octanol–water partition coefficient (Wildman–Crippen LogP) is 4.25. The average Bonchev–Trinajstić information content (AvgIpc) is 2.59. The molecule has 1 N–H and O–H groups in total. The van der Waals surface area contributed by atoms with Crippen molar-refractivity contribution in [1.29, 1.82) is 0 Å². The van der Waals surface area contributed by atoms with E-state index in [2.05, 4.69) is 5.32 Å². The number of hydrogen-bond acceptors (Lipinski definition) is 4. The summed E-state index contributed by atoms with van der Waals surface area (Å²) in [6.45, 7) is 0.221. The van der Waals surface area contributed by atoms with Crippen molar-refractivity contribution in [2.24, 2.45) is 0 Å². The number of thioether (sulfide) groups is 1. The van der Waals surface area contributed by atoms with Crippen molar-refractivity contribution in [3.05, 3.63) is 53.6 Å². The van der Waals surface area contributed by atoms with E-state index in [0.717, 1.165) is 16.8 Å². The molecule has 0 fully saturated rings. The Kier molecular flexibility index (Phi) is 7.37. The zero-order valence-corrected chi connectivity index (χ0v) is 17.0. The van der Waals surface area contributed by atoms with E-state index in [-0.39, 0.29) is 18.9 Å². The van der Waals surface area contributed by atoms with Crippen LogP contribution < -0.4 is 9.62 Å². The topological polar surface area (TPSA) is 66.5 Å². The summed E-state index contributed by atoms with van der Waals surface area (Å²) in [5, 5.41) is 3.37. The van der Waals surface area contributed by atoms with Crippen LogP contribution in [0.1, 0.15) is 12.8 Å². The smallest absolute Gasteiger partial charge is 0.232 e. The zero-order valence-electron chi connectivity index (χ0n) is 14.6. The van der Waals surface area contributed by atoms with E-state index >= 15 is 0 Å². The van der Waals surface area contributed by atoms with Crippen LogP contribution in [0.15, 0.2) is 53.4 Å². The van der Waals surface area contributed by atoms with Crippen molar-refractivity contribution < 1.29 is 13.2 Å². The van der Waals surface area contributed by atoms with Crippen molar-refractivity contribution in [1.82, 2.24) is 0 Å². The highest BCUT2D eigenvalue weighted by Gasteiger charge is 2.17. The first kappa shape index (κ1) is 20.6. The van der Waals surface area contributed by atoms with Gasteiger partial charge < -0.3 is 5.32 Å². The van der Waals surface area contributed by atoms with Gasteiger partial charge in [-0.2, -0.15) is 0 Å². The van der Waals surface area contributed by atoms with Crippen LogP contribution in [0.5, 0.6) is 0 Å². The van der Waals surface area contributed by atoms with E-state index in [1.165, 1.54) is 4.31 Å². The lowest BCUT2D eigenvalue weighted by Crippen LogP contribution is -2.31. The second-order valence-corrected chi connectivity index (χ2v) is 8.92. The molecular formula is C18H21ClN2O3S2. The Bertz CT molecular complexity index is 855. The molecule has 26 heavy (non-hydrogen) atoms. The summed E-state index contributed by atoms with van der Waals surface area (Å²) < 4.78 is 25.4. The highest BCUT2D eigenvalue weighted by atomic mass is 35.5. The van der Waals surface area contributed by atoms with Gasteiger partial charge in [-0.25, -0.2) is 8.42 Å². The number of amides is 1. The van der Waals surface area contributed by atoms with E-state index < -0.39 is 10.0 Å². The van der Waals surface area contributed by atoms with Crippen molar-refractivity contribution in [2.45, 2.75) is 17.7 Å². The van der Waals surface area contributed by atoms with Gasteiger partial charge in [0.1, 0.15) is 0 Å². The molecule has 8 heteroatoms. The van der Waals surface area contributed by atoms with Crippen LogP contribution in [0.4, 0.5) is 11.4 Å². The molecule has 0 spiro atoms. The van der Waals surface area contributed by atoms with E-state index in [0.29, 0.717) is 17.1 Å². The molecule has 2 aromatic rings. The average molecular weight is 413 g/mol. The summed E-state index contributed by atoms with van der Waals surface area (Å²) >= 11 is 7.45. The predicted molar refractivity (Wildman–Crippen MR) is 110 cm³/mol. The third-order valence-corrected chi connectivity index (χ3v) is 5.80. The van der Waals surface area contributed by atoms with Crippen LogP contribution in [0.25, 0.3) is 0 Å². The summed E-state index contributed by atoms with van der Waals surface area (Å²) in [5.74, 6) is -0.146. The van der Waals surface area contributed by atoms with Crippen LogP contribution in [0.2, 0.25) is 5.02 Å². The molecule has 0 bridgehead atoms. The molecule has 0 heterocycles. The first-order chi connectivity index (χ1) is 12.3. The van der Waals surface area contributed by atoms with Crippen LogP contribution in [0.3, 0.4) is 0 Å². The van der Waals surface area contributed by atoms with E-state index in [1.807, 2.05) is 30.5 Å². The molecule has 0 atom stereocenters. The maximum Gasteiger partial charge on any atom is 0.232 e. The lowest BCUT2D eigenvalue weighted by Gasteiger charge is -2.22. The standard InChI is InChI=1S/C18H21ClN2O3S2/c1-25-17-6-3-5-15(13-17)20-18(22)7-4-12-21(26(2,23)24)16-10-8-14(19)9-11-16/h3,5-6,8-11,13H,4,7,12H2,1-2H3,(H,20,22). The van der Waals surface area contributed by atoms with Gasteiger partial charge >= 0.3 is 0 Å². The van der Waals surface area contributed by atoms with Gasteiger partial charge in [0.25, 0.3) is 0 Å². The molecule has 2 rings (SSSR count). The Labute approximate surface area is 163 Å². The maximum atomic E-state index is 12.1. The van der Waals surface area contributed by atoms with Crippen LogP contribution in [0, 0.1) is 0 Å². The van der Waals surface area contributed by atoms with Gasteiger partial charge in [-0.15, -0.1) is 11.8 Å². The van der Waals surface area contributed by atoms with Crippen molar-refractivity contribution >= 4 is 50.7 Å². The van der Waals surface area contributed by atoms with E-state index in [4.69, 9.17) is 11.6 Å². The number of sulfonamides is 1. The molecule has 0 aliphatic rings. The number of nitrogens with zero attached hydrogens (tertiary/aromatic N) is 1. The molecular weight excluding hydrogens is 392 g/mol. The normalized spacial score (nSPS) is 11.2. The second kappa shape index (κ2) is 9.30. The van der Waals surface area contributed by atoms with Crippen LogP contribution in [-0.2, 0) is 14.8 Å². The number of benzene rings is 2. The number of carbonyl (C=O) groups is 1. The molecule has 1 amide bonds. The Morgan fingerprint density at radius 2 is 1.88 bits per heavy atom. The second-order valence-electron chi connectivity index (χ2n) is 5.70. The fraction of sp³-hybridized carbons (Fsp3) is 0.278. The summed E-state index contributed by atoms with van der Waals surface area (Å²) in [4.78, 5) is 13.2. The molecule has 0 saturated carbocycles. The molecule has 0 radical (unpaired) electrons. The highest BCUT2D eigenvalue weighted by Crippen LogP contribution is 2.22. The number of nitrogens with one attached hydrogen (secondary N) is 1. The van der Waals surface area contributed by atoms with Gasteiger partial charge in [-0.05, 0) is 55.1 Å². The molecule has 0 unspecified atom stereocenters. The number of carbonyl (C=O) groups excluding carboxylic acids is 1. The number of anilines is 2. The Morgan fingerprint density at radius 3 is 2.50 bits per heavy atom. The van der Waals surface area contributed by atoms with Crippen molar-refractivity contribution in [3.8, 4) is 0 Å². The maximum absolute atomic E-state index is 12.1. The minimum absolute atomic E-state index is 0.146. The molecule has 0 aliphatic heterocycles. The molecule has 140 valence electrons. The minimum atomic E-state index is -3.44. The lowest BCUT2D eigenvalue weighted by atomic mass is 10.2. The fourth-order valence-electron chi connectivity index (χ4n) is 2.40. The first-order valence-corrected chi connectivity index (χ1v) is 11.4. The van der Waals surface area contributed by atoms with Gasteiger partial charge in [0.15, 0.2) is 0 Å². The third kappa shape index (κ3) is 6.23. The van der Waals surface area contributed by atoms with Gasteiger partial charge in [0, 0.05) is 28.6 Å². The zero-order chi connectivity index (χ0) is 19.2. The first-order valence-electron chi connectivity index (χ1n) is 7.97. The van der Waals surface area contributed by atoms with E-state index in [9.17, 15) is 13.2 Å². The lowest BCUT2D eigenvalue weighted by molar-refractivity contribution is -0.116. The van der Waals surface area contributed by atoms with Gasteiger partial charge in [-0.3, -0.25) is 9.10 Å². The fourth-order valence-corrected chi connectivity index (χ4v) is 3.95. The molecule has 0 aliphatic carbocycles. The monoisotopic (exact) mass is 412 g/mol. The van der Waals surface area contributed by atoms with Gasteiger partial charge in [0.05, 0.1) is 11.9 Å². The van der Waals surface area contributed by atoms with Crippen molar-refractivity contribution in [3.63, 3.8) is 0 Å². The van der Waals surface area contributed by atoms with Gasteiger partial charge in [-0.1, -0.05) is 17.7 Å². The third-order valence-electron chi connectivity index (χ3n) is 3.63. The van der Waals surface area contributed by atoms with Crippen LogP contribution in [-0.4, -0.2) is 33.4 Å². The summed E-state index contributed by atoms with van der Waals surface area (Å²) in [6.07, 6.45) is 3.75. The van der Waals surface area contributed by atoms with Crippen LogP contribution >= 0.6 is 23.4 Å². The molecule has 5 nitrogen and oxygen atoms in total. The Morgan fingerprint density at radius 1 is 1.19 bits per heavy atom. The largest absolute Gasteiger partial charge is 0.326 e. The number of hydrogen-bond donors (Lipinski definition) is 1. The highest BCUT2D eigenvalue weighted by molar-refractivity contribution is 7.98. The molecule has 0 saturated heterocycles. The Hall–Kier alpha value is -1.70. The summed E-state index contributed by atoms with van der Waals surface area (Å²) in [6, 6.07) is 14.2. The number of rotatable bonds is 8. The Balaban J connectivity index is 1.94. The summed E-state index contributed by atoms with van der Waals surface area (Å²) in [7, 11) is -3.44.